The third-order valence-electron chi connectivity index (χ3n) is 4.83. The number of urea groups is 1. The highest BCUT2D eigenvalue weighted by Gasteiger charge is 2.36. The minimum atomic E-state index is -0.725. The number of amides is 4. The molecule has 2 fully saturated rings. The zero-order valence-electron chi connectivity index (χ0n) is 15.7. The van der Waals surface area contributed by atoms with E-state index >= 15 is 0 Å². The van der Waals surface area contributed by atoms with E-state index in [1.807, 2.05) is 23.1 Å². The molecular formula is C20H23N3O5. The Bertz CT molecular complexity index is 797. The second-order valence-corrected chi connectivity index (χ2v) is 6.74. The lowest BCUT2D eigenvalue weighted by Gasteiger charge is -2.32. The van der Waals surface area contributed by atoms with Crippen LogP contribution in [0.25, 0.3) is 0 Å². The molecule has 0 unspecified atom stereocenters. The Balaban J connectivity index is 1.68. The van der Waals surface area contributed by atoms with Gasteiger partial charge in [0.05, 0.1) is 19.1 Å². The number of carbonyl (C=O) groups excluding carboxylic acids is 4. The van der Waals surface area contributed by atoms with Gasteiger partial charge in [-0.1, -0.05) is 30.3 Å². The third kappa shape index (κ3) is 4.39. The molecule has 0 bridgehead atoms. The van der Waals surface area contributed by atoms with Gasteiger partial charge in [-0.3, -0.25) is 24.6 Å². The quantitative estimate of drug-likeness (QED) is 0.468. The van der Waals surface area contributed by atoms with E-state index in [2.05, 4.69) is 5.32 Å². The zero-order valence-corrected chi connectivity index (χ0v) is 15.7. The number of imide groups is 2. The van der Waals surface area contributed by atoms with Crippen LogP contribution in [0.3, 0.4) is 0 Å². The second kappa shape index (κ2) is 8.69. The van der Waals surface area contributed by atoms with Crippen molar-refractivity contribution in [3.05, 3.63) is 47.7 Å². The molecule has 1 N–H and O–H groups in total. The molecule has 8 heteroatoms. The molecule has 0 aromatic heterocycles. The van der Waals surface area contributed by atoms with Crippen LogP contribution in [0.1, 0.15) is 25.3 Å². The van der Waals surface area contributed by atoms with Crippen molar-refractivity contribution in [3.63, 3.8) is 0 Å². The van der Waals surface area contributed by atoms with Crippen LogP contribution in [0.15, 0.2) is 42.1 Å². The molecule has 2 aliphatic rings. The number of likely N-dealkylation sites (tertiary alicyclic amines) is 1. The maximum Gasteiger partial charge on any atom is 0.331 e. The Morgan fingerprint density at radius 2 is 1.86 bits per heavy atom. The van der Waals surface area contributed by atoms with Gasteiger partial charge < -0.3 is 9.64 Å². The lowest BCUT2D eigenvalue weighted by atomic mass is 9.97. The van der Waals surface area contributed by atoms with E-state index in [9.17, 15) is 19.2 Å². The zero-order chi connectivity index (χ0) is 20.1. The molecule has 1 aromatic rings. The summed E-state index contributed by atoms with van der Waals surface area (Å²) in [5, 5.41) is 2.22. The minimum Gasteiger partial charge on any atom is -0.466 e. The highest BCUT2D eigenvalue weighted by atomic mass is 16.5. The number of nitrogens with one attached hydrogen (secondary N) is 1. The lowest BCUT2D eigenvalue weighted by molar-refractivity contribution is -0.149. The fourth-order valence-corrected chi connectivity index (χ4v) is 3.30. The van der Waals surface area contributed by atoms with Crippen molar-refractivity contribution >= 4 is 23.8 Å². The van der Waals surface area contributed by atoms with Gasteiger partial charge in [0.2, 0.25) is 0 Å². The Morgan fingerprint density at radius 1 is 1.18 bits per heavy atom. The van der Waals surface area contributed by atoms with Crippen molar-refractivity contribution in [1.82, 2.24) is 15.1 Å². The number of nitrogens with zero attached hydrogens (tertiary/aromatic N) is 2. The predicted octanol–water partition coefficient (Wildman–Crippen LogP) is 1.42. The summed E-state index contributed by atoms with van der Waals surface area (Å²) in [6.45, 7) is 3.26. The second-order valence-electron chi connectivity index (χ2n) is 6.74. The van der Waals surface area contributed by atoms with Crippen molar-refractivity contribution in [1.29, 1.82) is 0 Å². The van der Waals surface area contributed by atoms with Gasteiger partial charge in [-0.05, 0) is 25.3 Å². The van der Waals surface area contributed by atoms with Crippen molar-refractivity contribution < 1.29 is 23.9 Å². The number of piperidine rings is 1. The summed E-state index contributed by atoms with van der Waals surface area (Å²) in [7, 11) is 0. The van der Waals surface area contributed by atoms with Gasteiger partial charge >= 0.3 is 12.0 Å². The van der Waals surface area contributed by atoms with Gasteiger partial charge in [-0.25, -0.2) is 4.79 Å². The van der Waals surface area contributed by atoms with E-state index in [0.717, 1.165) is 10.5 Å². The molecule has 2 aliphatic heterocycles. The average molecular weight is 385 g/mol. The van der Waals surface area contributed by atoms with Crippen LogP contribution < -0.4 is 5.32 Å². The van der Waals surface area contributed by atoms with Crippen molar-refractivity contribution in [2.45, 2.75) is 26.3 Å². The van der Waals surface area contributed by atoms with Gasteiger partial charge in [-0.15, -0.1) is 0 Å². The summed E-state index contributed by atoms with van der Waals surface area (Å²) >= 11 is 0. The monoisotopic (exact) mass is 385 g/mol. The fourth-order valence-electron chi connectivity index (χ4n) is 3.30. The number of hydrogen-bond acceptors (Lipinski definition) is 6. The number of ether oxygens (including phenoxy) is 1. The molecule has 0 spiro atoms. The summed E-state index contributed by atoms with van der Waals surface area (Å²) in [5.74, 6) is -1.69. The molecule has 2 heterocycles. The van der Waals surface area contributed by atoms with Crippen LogP contribution in [0.4, 0.5) is 4.79 Å². The van der Waals surface area contributed by atoms with E-state index in [1.54, 1.807) is 19.1 Å². The minimum absolute atomic E-state index is 0.0786. The molecule has 1 aromatic carbocycles. The Labute approximate surface area is 163 Å². The third-order valence-corrected chi connectivity index (χ3v) is 4.83. The number of barbiturate groups is 1. The van der Waals surface area contributed by atoms with Crippen LogP contribution in [0.2, 0.25) is 0 Å². The normalized spacial score (nSPS) is 19.8. The van der Waals surface area contributed by atoms with Gasteiger partial charge in [0.25, 0.3) is 11.8 Å². The standard InChI is InChI=1S/C20H23N3O5/c1-2-28-19(26)15-8-10-22(11-9-15)13-16-17(24)21-20(27)23(18(16)25)12-14-6-4-3-5-7-14/h3-7,13,15H,2,8-12H2,1H3,(H,21,24,27). The van der Waals surface area contributed by atoms with Gasteiger partial charge in [0.15, 0.2) is 0 Å². The van der Waals surface area contributed by atoms with Gasteiger partial charge in [-0.2, -0.15) is 0 Å². The highest BCUT2D eigenvalue weighted by molar-refractivity contribution is 6.28. The van der Waals surface area contributed by atoms with Gasteiger partial charge in [0, 0.05) is 19.3 Å². The molecule has 148 valence electrons. The summed E-state index contributed by atoms with van der Waals surface area (Å²) in [6.07, 6.45) is 2.67. The summed E-state index contributed by atoms with van der Waals surface area (Å²) in [4.78, 5) is 51.8. The number of hydrogen-bond donors (Lipinski definition) is 1. The van der Waals surface area contributed by atoms with Crippen LogP contribution in [-0.4, -0.2) is 53.3 Å². The fraction of sp³-hybridized carbons (Fsp3) is 0.400. The first-order valence-corrected chi connectivity index (χ1v) is 9.33. The molecular weight excluding hydrogens is 362 g/mol. The molecule has 0 saturated carbocycles. The summed E-state index contributed by atoms with van der Waals surface area (Å²) in [5.41, 5.74) is 0.708. The molecule has 2 saturated heterocycles. The number of benzene rings is 1. The molecule has 8 nitrogen and oxygen atoms in total. The van der Waals surface area contributed by atoms with Crippen molar-refractivity contribution in [2.75, 3.05) is 19.7 Å². The number of rotatable bonds is 5. The molecule has 0 aliphatic carbocycles. The van der Waals surface area contributed by atoms with Crippen LogP contribution in [-0.2, 0) is 25.7 Å². The average Bonchev–Trinajstić information content (AvgIpc) is 2.70. The topological polar surface area (TPSA) is 96.0 Å². The van der Waals surface area contributed by atoms with E-state index in [1.165, 1.54) is 6.20 Å². The molecule has 0 atom stereocenters. The summed E-state index contributed by atoms with van der Waals surface area (Å²) in [6, 6.07) is 8.36. The first-order valence-electron chi connectivity index (χ1n) is 9.33. The Morgan fingerprint density at radius 3 is 2.50 bits per heavy atom. The first-order chi connectivity index (χ1) is 13.5. The van der Waals surface area contributed by atoms with Crippen LogP contribution >= 0.6 is 0 Å². The Kier molecular flexibility index (Phi) is 6.08. The maximum atomic E-state index is 12.8. The lowest BCUT2D eigenvalue weighted by Crippen LogP contribution is -2.54. The smallest absolute Gasteiger partial charge is 0.331 e. The molecule has 28 heavy (non-hydrogen) atoms. The summed E-state index contributed by atoms with van der Waals surface area (Å²) < 4.78 is 5.05. The largest absolute Gasteiger partial charge is 0.466 e. The van der Waals surface area contributed by atoms with Crippen LogP contribution in [0.5, 0.6) is 0 Å². The van der Waals surface area contributed by atoms with E-state index in [4.69, 9.17) is 4.74 Å². The first kappa shape index (κ1) is 19.6. The Hall–Kier alpha value is -3.16. The highest BCUT2D eigenvalue weighted by Crippen LogP contribution is 2.21. The molecule has 4 amide bonds. The van der Waals surface area contributed by atoms with E-state index < -0.39 is 17.8 Å². The van der Waals surface area contributed by atoms with Crippen molar-refractivity contribution in [3.8, 4) is 0 Å². The maximum absolute atomic E-state index is 12.8. The molecule has 3 rings (SSSR count). The van der Waals surface area contributed by atoms with E-state index in [-0.39, 0.29) is 24.0 Å². The van der Waals surface area contributed by atoms with Gasteiger partial charge in [0.1, 0.15) is 5.57 Å². The predicted molar refractivity (Wildman–Crippen MR) is 99.5 cm³/mol. The van der Waals surface area contributed by atoms with Crippen molar-refractivity contribution in [2.24, 2.45) is 5.92 Å². The number of carbonyl (C=O) groups is 4. The number of esters is 1. The van der Waals surface area contributed by atoms with E-state index in [0.29, 0.717) is 32.5 Å². The van der Waals surface area contributed by atoms with Crippen LogP contribution in [0, 0.1) is 5.92 Å². The SMILES string of the molecule is CCOC(=O)C1CCN(C=C2C(=O)NC(=O)N(Cc3ccccc3)C2=O)CC1. The molecule has 0 radical (unpaired) electrons.